The minimum Gasteiger partial charge on any atom is -0.465 e. The van der Waals surface area contributed by atoms with Crippen molar-refractivity contribution < 1.29 is 27.8 Å². The van der Waals surface area contributed by atoms with Crippen LogP contribution < -0.4 is 9.64 Å². The van der Waals surface area contributed by atoms with E-state index in [0.29, 0.717) is 28.3 Å². The molecule has 0 aliphatic heterocycles. The fraction of sp³-hybridized carbons (Fsp3) is 0.364. The second-order valence-electron chi connectivity index (χ2n) is 7.91. The summed E-state index contributed by atoms with van der Waals surface area (Å²) in [5.41, 5.74) is 1.53. The van der Waals surface area contributed by atoms with Crippen LogP contribution in [0.1, 0.15) is 37.4 Å². The highest BCUT2D eigenvalue weighted by molar-refractivity contribution is 6.33. The predicted octanol–water partition coefficient (Wildman–Crippen LogP) is 6.57. The molecule has 1 fully saturated rings. The molecule has 0 bridgehead atoms. The monoisotopic (exact) mass is 467 g/mol. The number of halogens is 4. The van der Waals surface area contributed by atoms with Crippen LogP contribution in [0.5, 0.6) is 5.75 Å². The number of carboxylic acid groups (broad SMARTS) is 1. The lowest BCUT2D eigenvalue weighted by Gasteiger charge is -2.31. The van der Waals surface area contributed by atoms with Gasteiger partial charge < -0.3 is 14.8 Å². The van der Waals surface area contributed by atoms with Crippen molar-refractivity contribution in [1.82, 2.24) is 9.97 Å². The van der Waals surface area contributed by atoms with Crippen LogP contribution >= 0.6 is 11.6 Å². The SMILES string of the molecule is O=C(O)N(CC1CCC(c2nc3ccc(OC(F)(F)F)cc3[nH]2)CC1)c1ccccc1Cl. The van der Waals surface area contributed by atoms with Gasteiger partial charge in [-0.15, -0.1) is 13.2 Å². The van der Waals surface area contributed by atoms with Gasteiger partial charge in [-0.2, -0.15) is 0 Å². The number of aromatic amines is 1. The van der Waals surface area contributed by atoms with Gasteiger partial charge in [0.15, 0.2) is 0 Å². The largest absolute Gasteiger partial charge is 0.573 e. The standard InChI is InChI=1S/C22H21ClF3N3O3/c23-16-3-1-2-4-19(16)29(21(30)31)12-13-5-7-14(8-6-13)20-27-17-10-9-15(11-18(17)28-20)32-22(24,25)26/h1-4,9-11,13-14H,5-8,12H2,(H,27,28)(H,30,31). The Labute approximate surface area is 187 Å². The van der Waals surface area contributed by atoms with Crippen molar-refractivity contribution in [2.75, 3.05) is 11.4 Å². The Bertz CT molecular complexity index is 1110. The second kappa shape index (κ2) is 8.90. The summed E-state index contributed by atoms with van der Waals surface area (Å²) < 4.78 is 41.3. The lowest BCUT2D eigenvalue weighted by molar-refractivity contribution is -0.274. The summed E-state index contributed by atoms with van der Waals surface area (Å²) in [5, 5.41) is 10.0. The molecule has 1 aliphatic rings. The maximum atomic E-state index is 12.4. The summed E-state index contributed by atoms with van der Waals surface area (Å²) in [6.45, 7) is 0.351. The molecule has 32 heavy (non-hydrogen) atoms. The van der Waals surface area contributed by atoms with Crippen molar-refractivity contribution in [2.45, 2.75) is 38.0 Å². The first kappa shape index (κ1) is 22.3. The van der Waals surface area contributed by atoms with Gasteiger partial charge in [-0.25, -0.2) is 9.78 Å². The van der Waals surface area contributed by atoms with Crippen LogP contribution in [0.3, 0.4) is 0 Å². The number of aromatic nitrogens is 2. The van der Waals surface area contributed by atoms with E-state index < -0.39 is 12.5 Å². The van der Waals surface area contributed by atoms with E-state index in [-0.39, 0.29) is 17.6 Å². The molecule has 4 rings (SSSR count). The molecule has 2 aromatic carbocycles. The molecule has 2 N–H and O–H groups in total. The molecule has 0 radical (unpaired) electrons. The van der Waals surface area contributed by atoms with Gasteiger partial charge in [0.2, 0.25) is 0 Å². The van der Waals surface area contributed by atoms with E-state index in [1.807, 2.05) is 0 Å². The number of alkyl halides is 3. The van der Waals surface area contributed by atoms with Gasteiger partial charge in [-0.1, -0.05) is 23.7 Å². The van der Waals surface area contributed by atoms with Crippen molar-refractivity contribution >= 4 is 34.4 Å². The van der Waals surface area contributed by atoms with E-state index in [1.54, 1.807) is 24.3 Å². The first-order valence-corrected chi connectivity index (χ1v) is 10.6. The first-order chi connectivity index (χ1) is 15.2. The van der Waals surface area contributed by atoms with E-state index in [1.165, 1.54) is 23.1 Å². The number of nitrogens with one attached hydrogen (secondary N) is 1. The number of rotatable bonds is 5. The van der Waals surface area contributed by atoms with Gasteiger partial charge in [0.1, 0.15) is 11.6 Å². The third kappa shape index (κ3) is 5.09. The molecule has 1 amide bonds. The molecule has 3 aromatic rings. The topological polar surface area (TPSA) is 78.4 Å². The zero-order valence-corrected chi connectivity index (χ0v) is 17.7. The summed E-state index contributed by atoms with van der Waals surface area (Å²) in [6, 6.07) is 10.9. The zero-order valence-electron chi connectivity index (χ0n) is 16.9. The number of carbonyl (C=O) groups is 1. The molecular weight excluding hydrogens is 447 g/mol. The molecule has 170 valence electrons. The van der Waals surface area contributed by atoms with Crippen LogP contribution in [-0.2, 0) is 0 Å². The molecule has 6 nitrogen and oxygen atoms in total. The van der Waals surface area contributed by atoms with Crippen molar-refractivity contribution in [3.8, 4) is 5.75 Å². The van der Waals surface area contributed by atoms with Gasteiger partial charge in [-0.3, -0.25) is 4.90 Å². The number of para-hydroxylation sites is 1. The van der Waals surface area contributed by atoms with Crippen LogP contribution in [0.15, 0.2) is 42.5 Å². The van der Waals surface area contributed by atoms with E-state index in [2.05, 4.69) is 14.7 Å². The van der Waals surface area contributed by atoms with Crippen LogP contribution in [-0.4, -0.2) is 34.1 Å². The van der Waals surface area contributed by atoms with E-state index >= 15 is 0 Å². The van der Waals surface area contributed by atoms with Gasteiger partial charge >= 0.3 is 12.5 Å². The third-order valence-corrected chi connectivity index (χ3v) is 6.07. The number of ether oxygens (including phenoxy) is 1. The zero-order chi connectivity index (χ0) is 22.9. The Hall–Kier alpha value is -2.94. The molecule has 1 saturated carbocycles. The molecule has 0 atom stereocenters. The Morgan fingerprint density at radius 2 is 1.91 bits per heavy atom. The van der Waals surface area contributed by atoms with Gasteiger partial charge in [-0.05, 0) is 55.9 Å². The number of imidazole rings is 1. The lowest BCUT2D eigenvalue weighted by Crippen LogP contribution is -2.35. The van der Waals surface area contributed by atoms with E-state index in [9.17, 15) is 23.1 Å². The van der Waals surface area contributed by atoms with Crippen molar-refractivity contribution in [2.24, 2.45) is 5.92 Å². The van der Waals surface area contributed by atoms with Gasteiger partial charge in [0.25, 0.3) is 0 Å². The number of benzene rings is 2. The van der Waals surface area contributed by atoms with E-state index in [0.717, 1.165) is 31.5 Å². The van der Waals surface area contributed by atoms with Crippen LogP contribution in [0.25, 0.3) is 11.0 Å². The predicted molar refractivity (Wildman–Crippen MR) is 114 cm³/mol. The summed E-state index contributed by atoms with van der Waals surface area (Å²) in [7, 11) is 0. The normalized spacial score (nSPS) is 19.1. The Morgan fingerprint density at radius 1 is 1.19 bits per heavy atom. The molecule has 0 unspecified atom stereocenters. The summed E-state index contributed by atoms with van der Waals surface area (Å²) in [6.07, 6.45) is -2.59. The van der Waals surface area contributed by atoms with Crippen molar-refractivity contribution in [3.63, 3.8) is 0 Å². The first-order valence-electron chi connectivity index (χ1n) is 10.2. The quantitative estimate of drug-likeness (QED) is 0.444. The highest BCUT2D eigenvalue weighted by Crippen LogP contribution is 2.37. The fourth-order valence-electron chi connectivity index (χ4n) is 4.23. The minimum absolute atomic E-state index is 0.129. The Kier molecular flexibility index (Phi) is 6.19. The smallest absolute Gasteiger partial charge is 0.465 e. The average Bonchev–Trinajstić information content (AvgIpc) is 3.15. The number of anilines is 1. The molecule has 0 spiro atoms. The molecule has 1 aromatic heterocycles. The summed E-state index contributed by atoms with van der Waals surface area (Å²) in [5.74, 6) is 0.736. The van der Waals surface area contributed by atoms with Crippen LogP contribution in [0, 0.1) is 5.92 Å². The van der Waals surface area contributed by atoms with Crippen LogP contribution in [0.4, 0.5) is 23.7 Å². The number of fused-ring (bicyclic) bond motifs is 1. The lowest BCUT2D eigenvalue weighted by atomic mass is 9.81. The minimum atomic E-state index is -4.75. The third-order valence-electron chi connectivity index (χ3n) is 5.75. The molecule has 1 heterocycles. The highest BCUT2D eigenvalue weighted by atomic mass is 35.5. The number of H-pyrrole nitrogens is 1. The molecule has 10 heteroatoms. The van der Waals surface area contributed by atoms with E-state index in [4.69, 9.17) is 11.6 Å². The molecule has 1 aliphatic carbocycles. The number of hydrogen-bond donors (Lipinski definition) is 2. The Morgan fingerprint density at radius 3 is 2.56 bits per heavy atom. The van der Waals surface area contributed by atoms with Gasteiger partial charge in [0, 0.05) is 18.5 Å². The Balaban J connectivity index is 1.41. The number of amides is 1. The molecule has 0 saturated heterocycles. The van der Waals surface area contributed by atoms with Gasteiger partial charge in [0.05, 0.1) is 21.7 Å². The summed E-state index contributed by atoms with van der Waals surface area (Å²) in [4.78, 5) is 20.7. The summed E-state index contributed by atoms with van der Waals surface area (Å²) >= 11 is 6.18. The average molecular weight is 468 g/mol. The highest BCUT2D eigenvalue weighted by Gasteiger charge is 2.32. The molecular formula is C22H21ClF3N3O3. The van der Waals surface area contributed by atoms with Crippen molar-refractivity contribution in [3.05, 3.63) is 53.3 Å². The van der Waals surface area contributed by atoms with Crippen molar-refractivity contribution in [1.29, 1.82) is 0 Å². The second-order valence-corrected chi connectivity index (χ2v) is 8.32. The number of hydrogen-bond acceptors (Lipinski definition) is 3. The maximum absolute atomic E-state index is 12.4. The fourth-order valence-corrected chi connectivity index (χ4v) is 4.46. The number of nitrogens with zero attached hydrogens (tertiary/aromatic N) is 2. The van der Waals surface area contributed by atoms with Crippen LogP contribution in [0.2, 0.25) is 5.02 Å². The maximum Gasteiger partial charge on any atom is 0.573 e.